The molecule has 0 radical (unpaired) electrons. The van der Waals surface area contributed by atoms with Crippen LogP contribution in [-0.2, 0) is 11.3 Å². The van der Waals surface area contributed by atoms with Gasteiger partial charge in [-0.25, -0.2) is 9.37 Å². The second-order valence-corrected chi connectivity index (χ2v) is 7.93. The van der Waals surface area contributed by atoms with Crippen LogP contribution < -0.4 is 10.5 Å². The third-order valence-corrected chi connectivity index (χ3v) is 5.69. The van der Waals surface area contributed by atoms with Gasteiger partial charge in [0.1, 0.15) is 11.9 Å². The number of pyridine rings is 1. The van der Waals surface area contributed by atoms with Crippen molar-refractivity contribution < 1.29 is 9.13 Å². The lowest BCUT2D eigenvalue weighted by atomic mass is 10.1. The van der Waals surface area contributed by atoms with Gasteiger partial charge < -0.3 is 9.64 Å². The molecule has 154 valence electrons. The zero-order chi connectivity index (χ0) is 20.5. The Hall–Kier alpha value is -3.06. The van der Waals surface area contributed by atoms with E-state index in [4.69, 9.17) is 9.72 Å². The number of hydrogen-bond acceptors (Lipinski definition) is 5. The zero-order valence-corrected chi connectivity index (χ0v) is 16.6. The van der Waals surface area contributed by atoms with Gasteiger partial charge in [0.15, 0.2) is 0 Å². The molecule has 3 aromatic rings. The van der Waals surface area contributed by atoms with Crippen molar-refractivity contribution in [3.05, 3.63) is 76.6 Å². The molecule has 1 atom stereocenters. The lowest BCUT2D eigenvalue weighted by Gasteiger charge is -2.35. The molecule has 0 unspecified atom stereocenters. The standard InChI is InChI=1S/C23H23FN4O2/c24-19-5-3-18(4-6-19)21-15-27(11-12-30-21)23-26-20(17-7-9-25-10-8-17)13-22(29)28(23)14-16-1-2-16/h3-10,13,16,21H,1-2,11-12,14-15H2/t21-/m1/s1. The summed E-state index contributed by atoms with van der Waals surface area (Å²) in [5.74, 6) is 0.956. The first kappa shape index (κ1) is 18.9. The first-order valence-electron chi connectivity index (χ1n) is 10.3. The van der Waals surface area contributed by atoms with Crippen LogP contribution in [0.25, 0.3) is 11.3 Å². The molecule has 1 saturated carbocycles. The highest BCUT2D eigenvalue weighted by Gasteiger charge is 2.29. The molecule has 6 nitrogen and oxygen atoms in total. The van der Waals surface area contributed by atoms with Gasteiger partial charge in [-0.2, -0.15) is 0 Å². The quantitative estimate of drug-likeness (QED) is 0.650. The van der Waals surface area contributed by atoms with E-state index in [2.05, 4.69) is 9.88 Å². The smallest absolute Gasteiger partial charge is 0.255 e. The minimum Gasteiger partial charge on any atom is -0.370 e. The molecule has 1 aliphatic carbocycles. The summed E-state index contributed by atoms with van der Waals surface area (Å²) in [6, 6.07) is 11.7. The van der Waals surface area contributed by atoms with Crippen molar-refractivity contribution in [1.29, 1.82) is 0 Å². The molecular weight excluding hydrogens is 383 g/mol. The Morgan fingerprint density at radius 3 is 2.60 bits per heavy atom. The van der Waals surface area contributed by atoms with Gasteiger partial charge in [-0.05, 0) is 48.6 Å². The summed E-state index contributed by atoms with van der Waals surface area (Å²) in [5, 5.41) is 0. The number of morpholine rings is 1. The van der Waals surface area contributed by atoms with Crippen LogP contribution in [0.1, 0.15) is 24.5 Å². The normalized spacial score (nSPS) is 19.1. The second-order valence-electron chi connectivity index (χ2n) is 7.93. The first-order valence-corrected chi connectivity index (χ1v) is 10.3. The van der Waals surface area contributed by atoms with Gasteiger partial charge in [0.2, 0.25) is 5.95 Å². The summed E-state index contributed by atoms with van der Waals surface area (Å²) >= 11 is 0. The van der Waals surface area contributed by atoms with Crippen molar-refractivity contribution in [2.75, 3.05) is 24.6 Å². The van der Waals surface area contributed by atoms with E-state index in [0.29, 0.717) is 43.8 Å². The molecule has 30 heavy (non-hydrogen) atoms. The number of anilines is 1. The average Bonchev–Trinajstić information content (AvgIpc) is 3.60. The fraction of sp³-hybridized carbons (Fsp3) is 0.348. The van der Waals surface area contributed by atoms with Crippen LogP contribution in [0.4, 0.5) is 10.3 Å². The summed E-state index contributed by atoms with van der Waals surface area (Å²) < 4.78 is 21.1. The first-order chi connectivity index (χ1) is 14.7. The molecule has 0 amide bonds. The van der Waals surface area contributed by atoms with E-state index >= 15 is 0 Å². The van der Waals surface area contributed by atoms with Crippen molar-refractivity contribution in [1.82, 2.24) is 14.5 Å². The largest absolute Gasteiger partial charge is 0.370 e. The lowest BCUT2D eigenvalue weighted by Crippen LogP contribution is -2.42. The highest BCUT2D eigenvalue weighted by Crippen LogP contribution is 2.32. The molecule has 1 saturated heterocycles. The van der Waals surface area contributed by atoms with Gasteiger partial charge in [-0.1, -0.05) is 12.1 Å². The van der Waals surface area contributed by atoms with E-state index in [1.165, 1.54) is 12.1 Å². The molecule has 3 heterocycles. The topological polar surface area (TPSA) is 60.3 Å². The maximum atomic E-state index is 13.3. The van der Waals surface area contributed by atoms with Crippen molar-refractivity contribution in [2.45, 2.75) is 25.5 Å². The van der Waals surface area contributed by atoms with Crippen LogP contribution in [0, 0.1) is 11.7 Å². The van der Waals surface area contributed by atoms with Crippen molar-refractivity contribution >= 4 is 5.95 Å². The predicted molar refractivity (Wildman–Crippen MR) is 112 cm³/mol. The molecule has 7 heteroatoms. The SMILES string of the molecule is O=c1cc(-c2ccncc2)nc(N2CCO[C@@H](c3ccc(F)cc3)C2)n1CC1CC1. The number of rotatable bonds is 5. The maximum Gasteiger partial charge on any atom is 0.255 e. The fourth-order valence-electron chi connectivity index (χ4n) is 3.85. The number of aromatic nitrogens is 3. The van der Waals surface area contributed by atoms with E-state index < -0.39 is 0 Å². The Kier molecular flexibility index (Phi) is 5.04. The van der Waals surface area contributed by atoms with Gasteiger partial charge in [0.25, 0.3) is 5.56 Å². The van der Waals surface area contributed by atoms with Crippen molar-refractivity contribution in [3.8, 4) is 11.3 Å². The van der Waals surface area contributed by atoms with Gasteiger partial charge in [0.05, 0.1) is 18.8 Å². The Balaban J connectivity index is 1.51. The van der Waals surface area contributed by atoms with Gasteiger partial charge in [-0.3, -0.25) is 14.3 Å². The zero-order valence-electron chi connectivity index (χ0n) is 16.6. The number of nitrogens with zero attached hydrogens (tertiary/aromatic N) is 4. The van der Waals surface area contributed by atoms with E-state index in [-0.39, 0.29) is 17.5 Å². The molecule has 0 spiro atoms. The van der Waals surface area contributed by atoms with E-state index in [9.17, 15) is 9.18 Å². The van der Waals surface area contributed by atoms with Crippen LogP contribution in [0.5, 0.6) is 0 Å². The van der Waals surface area contributed by atoms with Crippen LogP contribution in [0.2, 0.25) is 0 Å². The van der Waals surface area contributed by atoms with Crippen LogP contribution in [-0.4, -0.2) is 34.2 Å². The van der Waals surface area contributed by atoms with Crippen LogP contribution >= 0.6 is 0 Å². The summed E-state index contributed by atoms with van der Waals surface area (Å²) in [5.41, 5.74) is 2.39. The van der Waals surface area contributed by atoms with Crippen molar-refractivity contribution in [3.63, 3.8) is 0 Å². The predicted octanol–water partition coefficient (Wildman–Crippen LogP) is 3.43. The summed E-state index contributed by atoms with van der Waals surface area (Å²) in [4.78, 5) is 24.1. The molecule has 5 rings (SSSR count). The molecule has 1 aliphatic heterocycles. The highest BCUT2D eigenvalue weighted by atomic mass is 19.1. The monoisotopic (exact) mass is 406 g/mol. The molecule has 2 aliphatic rings. The number of halogens is 1. The third kappa shape index (κ3) is 3.98. The Morgan fingerprint density at radius 2 is 1.87 bits per heavy atom. The highest BCUT2D eigenvalue weighted by molar-refractivity contribution is 5.59. The van der Waals surface area contributed by atoms with E-state index in [0.717, 1.165) is 24.0 Å². The van der Waals surface area contributed by atoms with Crippen LogP contribution in [0.3, 0.4) is 0 Å². The van der Waals surface area contributed by atoms with E-state index in [1.807, 2.05) is 12.1 Å². The second kappa shape index (κ2) is 7.99. The van der Waals surface area contributed by atoms with E-state index in [1.54, 1.807) is 35.2 Å². The molecule has 2 fully saturated rings. The minimum absolute atomic E-state index is 0.0384. The van der Waals surface area contributed by atoms with Gasteiger partial charge >= 0.3 is 0 Å². The molecule has 0 bridgehead atoms. The molecule has 0 N–H and O–H groups in total. The van der Waals surface area contributed by atoms with Gasteiger partial charge in [-0.15, -0.1) is 0 Å². The number of ether oxygens (including phenoxy) is 1. The minimum atomic E-state index is -0.267. The van der Waals surface area contributed by atoms with Gasteiger partial charge in [0, 0.05) is 37.1 Å². The number of hydrogen-bond donors (Lipinski definition) is 0. The molecule has 1 aromatic carbocycles. The average molecular weight is 406 g/mol. The summed E-state index contributed by atoms with van der Waals surface area (Å²) in [6.07, 6.45) is 5.51. The fourth-order valence-corrected chi connectivity index (χ4v) is 3.85. The Morgan fingerprint density at radius 1 is 1.10 bits per heavy atom. The van der Waals surface area contributed by atoms with Crippen molar-refractivity contribution in [2.24, 2.45) is 5.92 Å². The maximum absolute atomic E-state index is 13.3. The molecular formula is C23H23FN4O2. The summed E-state index contributed by atoms with van der Waals surface area (Å²) in [7, 11) is 0. The summed E-state index contributed by atoms with van der Waals surface area (Å²) in [6.45, 7) is 2.41. The third-order valence-electron chi connectivity index (χ3n) is 5.69. The number of benzene rings is 1. The Bertz CT molecular complexity index is 1080. The lowest BCUT2D eigenvalue weighted by molar-refractivity contribution is 0.0388. The molecule has 2 aromatic heterocycles. The van der Waals surface area contributed by atoms with Crippen LogP contribution in [0.15, 0.2) is 59.7 Å². The Labute approximate surface area is 174 Å².